The zero-order valence-electron chi connectivity index (χ0n) is 13.3. The van der Waals surface area contributed by atoms with E-state index < -0.39 is 11.9 Å². The molecule has 0 aliphatic carbocycles. The zero-order valence-corrected chi connectivity index (χ0v) is 14.9. The monoisotopic (exact) mass is 394 g/mol. The van der Waals surface area contributed by atoms with Gasteiger partial charge in [-0.3, -0.25) is 4.79 Å². The van der Waals surface area contributed by atoms with Gasteiger partial charge in [-0.15, -0.1) is 0 Å². The minimum absolute atomic E-state index is 0.241. The Kier molecular flexibility index (Phi) is 4.75. The second-order valence-corrected chi connectivity index (χ2v) is 6.75. The molecule has 8 heteroatoms. The van der Waals surface area contributed by atoms with Gasteiger partial charge in [0.2, 0.25) is 0 Å². The Labute approximate surface area is 147 Å². The van der Waals surface area contributed by atoms with Crippen LogP contribution in [0.25, 0.3) is 11.0 Å². The van der Waals surface area contributed by atoms with Gasteiger partial charge in [0.05, 0.1) is 23.5 Å². The number of rotatable bonds is 4. The van der Waals surface area contributed by atoms with Crippen LogP contribution in [0, 0.1) is 5.92 Å². The fraction of sp³-hybridized carbons (Fsp3) is 0.438. The van der Waals surface area contributed by atoms with Crippen LogP contribution in [-0.4, -0.2) is 44.6 Å². The molecule has 0 bridgehead atoms. The predicted octanol–water partition coefficient (Wildman–Crippen LogP) is 2.43. The molecule has 1 saturated heterocycles. The summed E-state index contributed by atoms with van der Waals surface area (Å²) >= 11 is 3.44. The van der Waals surface area contributed by atoms with Crippen molar-refractivity contribution < 1.29 is 14.7 Å². The highest BCUT2D eigenvalue weighted by Crippen LogP contribution is 2.21. The van der Waals surface area contributed by atoms with Crippen LogP contribution in [0.2, 0.25) is 0 Å². The van der Waals surface area contributed by atoms with Gasteiger partial charge in [-0.25, -0.2) is 9.78 Å². The van der Waals surface area contributed by atoms with Crippen molar-refractivity contribution in [1.82, 2.24) is 19.8 Å². The topological polar surface area (TPSA) is 87.5 Å². The fourth-order valence-corrected chi connectivity index (χ4v) is 3.40. The molecule has 2 amide bonds. The van der Waals surface area contributed by atoms with Crippen molar-refractivity contribution in [3.8, 4) is 0 Å². The molecule has 1 aromatic carbocycles. The number of nitrogens with zero attached hydrogens (tertiary/aromatic N) is 3. The minimum Gasteiger partial charge on any atom is -0.481 e. The quantitative estimate of drug-likeness (QED) is 0.833. The van der Waals surface area contributed by atoms with E-state index in [1.54, 1.807) is 4.90 Å². The van der Waals surface area contributed by atoms with Crippen molar-refractivity contribution in [3.05, 3.63) is 28.5 Å². The number of carboxylic acid groups (broad SMARTS) is 1. The normalized spacial score (nSPS) is 17.4. The van der Waals surface area contributed by atoms with Crippen molar-refractivity contribution in [2.24, 2.45) is 5.92 Å². The second kappa shape index (κ2) is 6.80. The first-order valence-corrected chi connectivity index (χ1v) is 8.69. The van der Waals surface area contributed by atoms with E-state index in [0.717, 1.165) is 27.9 Å². The lowest BCUT2D eigenvalue weighted by atomic mass is 10.1. The van der Waals surface area contributed by atoms with Crippen LogP contribution >= 0.6 is 15.9 Å². The number of carboxylic acids is 1. The SMILES string of the molecule is CCn1c(CNC(=O)N2CCC(C(=O)O)C2)nc2cc(Br)ccc21. The summed E-state index contributed by atoms with van der Waals surface area (Å²) in [6.07, 6.45) is 0.504. The van der Waals surface area contributed by atoms with E-state index in [9.17, 15) is 9.59 Å². The number of fused-ring (bicyclic) bond motifs is 1. The van der Waals surface area contributed by atoms with Crippen LogP contribution in [0.4, 0.5) is 4.79 Å². The van der Waals surface area contributed by atoms with Gasteiger partial charge in [0.15, 0.2) is 0 Å². The predicted molar refractivity (Wildman–Crippen MR) is 92.7 cm³/mol. The number of nitrogens with one attached hydrogen (secondary N) is 1. The van der Waals surface area contributed by atoms with E-state index in [4.69, 9.17) is 5.11 Å². The maximum Gasteiger partial charge on any atom is 0.317 e. The average molecular weight is 395 g/mol. The smallest absolute Gasteiger partial charge is 0.317 e. The Morgan fingerprint density at radius 3 is 2.92 bits per heavy atom. The van der Waals surface area contributed by atoms with Crippen LogP contribution < -0.4 is 5.32 Å². The summed E-state index contributed by atoms with van der Waals surface area (Å²) < 4.78 is 3.02. The molecule has 2 aromatic rings. The molecule has 24 heavy (non-hydrogen) atoms. The Bertz CT molecular complexity index is 789. The number of carbonyl (C=O) groups excluding carboxylic acids is 1. The van der Waals surface area contributed by atoms with E-state index in [1.807, 2.05) is 25.1 Å². The van der Waals surface area contributed by atoms with Gasteiger partial charge in [-0.1, -0.05) is 15.9 Å². The van der Waals surface area contributed by atoms with E-state index in [0.29, 0.717) is 19.5 Å². The van der Waals surface area contributed by atoms with Gasteiger partial charge >= 0.3 is 12.0 Å². The first-order valence-electron chi connectivity index (χ1n) is 7.89. The molecule has 0 saturated carbocycles. The number of aromatic nitrogens is 2. The highest BCUT2D eigenvalue weighted by molar-refractivity contribution is 9.10. The largest absolute Gasteiger partial charge is 0.481 e. The summed E-state index contributed by atoms with van der Waals surface area (Å²) in [4.78, 5) is 29.4. The molecule has 3 rings (SSSR count). The summed E-state index contributed by atoms with van der Waals surface area (Å²) in [6, 6.07) is 5.67. The highest BCUT2D eigenvalue weighted by atomic mass is 79.9. The molecule has 1 aliphatic rings. The molecule has 0 spiro atoms. The third-order valence-corrected chi connectivity index (χ3v) is 4.82. The molecule has 1 aliphatic heterocycles. The number of benzene rings is 1. The summed E-state index contributed by atoms with van der Waals surface area (Å²) in [5.41, 5.74) is 1.90. The van der Waals surface area contributed by atoms with Gasteiger partial charge in [-0.05, 0) is 31.5 Å². The van der Waals surface area contributed by atoms with Gasteiger partial charge in [0.1, 0.15) is 5.82 Å². The number of halogens is 1. The molecule has 1 aromatic heterocycles. The molecule has 2 N–H and O–H groups in total. The van der Waals surface area contributed by atoms with Gasteiger partial charge < -0.3 is 19.9 Å². The molecule has 1 atom stereocenters. The minimum atomic E-state index is -0.844. The number of likely N-dealkylation sites (tertiary alicyclic amines) is 1. The standard InChI is InChI=1S/C16H19BrN4O3/c1-2-21-13-4-3-11(17)7-12(13)19-14(21)8-18-16(24)20-6-5-10(9-20)15(22)23/h3-4,7,10H,2,5-6,8-9H2,1H3,(H,18,24)(H,22,23). The number of hydrogen-bond acceptors (Lipinski definition) is 3. The average Bonchev–Trinajstić information content (AvgIpc) is 3.16. The fourth-order valence-electron chi connectivity index (χ4n) is 3.05. The number of urea groups is 1. The zero-order chi connectivity index (χ0) is 17.3. The summed E-state index contributed by atoms with van der Waals surface area (Å²) in [7, 11) is 0. The lowest BCUT2D eigenvalue weighted by Crippen LogP contribution is -2.39. The Hall–Kier alpha value is -2.09. The van der Waals surface area contributed by atoms with Crippen LogP contribution in [0.3, 0.4) is 0 Å². The number of carbonyl (C=O) groups is 2. The maximum absolute atomic E-state index is 12.2. The first-order chi connectivity index (χ1) is 11.5. The maximum atomic E-state index is 12.2. The van der Waals surface area contributed by atoms with E-state index >= 15 is 0 Å². The number of imidazole rings is 1. The number of amides is 2. The summed E-state index contributed by atoms with van der Waals surface area (Å²) in [5, 5.41) is 11.9. The second-order valence-electron chi connectivity index (χ2n) is 5.83. The highest BCUT2D eigenvalue weighted by Gasteiger charge is 2.30. The molecule has 2 heterocycles. The molecule has 1 unspecified atom stereocenters. The number of aliphatic carboxylic acids is 1. The Balaban J connectivity index is 1.69. The van der Waals surface area contributed by atoms with Crippen molar-refractivity contribution in [2.75, 3.05) is 13.1 Å². The third kappa shape index (κ3) is 3.24. The summed E-state index contributed by atoms with van der Waals surface area (Å²) in [6.45, 7) is 3.84. The van der Waals surface area contributed by atoms with E-state index in [2.05, 4.69) is 30.8 Å². The Morgan fingerprint density at radius 2 is 2.25 bits per heavy atom. The lowest BCUT2D eigenvalue weighted by Gasteiger charge is -2.16. The third-order valence-electron chi connectivity index (χ3n) is 4.33. The van der Waals surface area contributed by atoms with E-state index in [1.165, 1.54) is 0 Å². The van der Waals surface area contributed by atoms with Crippen LogP contribution in [0.5, 0.6) is 0 Å². The van der Waals surface area contributed by atoms with Crippen LogP contribution in [-0.2, 0) is 17.9 Å². The first kappa shape index (κ1) is 16.8. The Morgan fingerprint density at radius 1 is 1.46 bits per heavy atom. The van der Waals surface area contributed by atoms with Crippen molar-refractivity contribution in [3.63, 3.8) is 0 Å². The number of aryl methyl sites for hydroxylation is 1. The molecule has 128 valence electrons. The van der Waals surface area contributed by atoms with Crippen molar-refractivity contribution >= 4 is 39.0 Å². The summed E-state index contributed by atoms with van der Waals surface area (Å²) in [5.74, 6) is -0.523. The molecule has 7 nitrogen and oxygen atoms in total. The van der Waals surface area contributed by atoms with Gasteiger partial charge in [0.25, 0.3) is 0 Å². The number of hydrogen-bond donors (Lipinski definition) is 2. The van der Waals surface area contributed by atoms with Gasteiger partial charge in [0, 0.05) is 24.1 Å². The van der Waals surface area contributed by atoms with Crippen molar-refractivity contribution in [1.29, 1.82) is 0 Å². The molecule has 1 fully saturated rings. The van der Waals surface area contributed by atoms with Gasteiger partial charge in [-0.2, -0.15) is 0 Å². The van der Waals surface area contributed by atoms with Crippen LogP contribution in [0.1, 0.15) is 19.2 Å². The molecular formula is C16H19BrN4O3. The lowest BCUT2D eigenvalue weighted by molar-refractivity contribution is -0.141. The van der Waals surface area contributed by atoms with Crippen LogP contribution in [0.15, 0.2) is 22.7 Å². The molecular weight excluding hydrogens is 376 g/mol. The molecule has 0 radical (unpaired) electrons. The van der Waals surface area contributed by atoms with Crippen molar-refractivity contribution in [2.45, 2.75) is 26.4 Å². The van der Waals surface area contributed by atoms with E-state index in [-0.39, 0.29) is 12.6 Å².